The van der Waals surface area contributed by atoms with Crippen molar-refractivity contribution in [1.82, 2.24) is 10.3 Å². The molecule has 2 aromatic rings. The van der Waals surface area contributed by atoms with E-state index >= 15 is 0 Å². The molecule has 1 heterocycles. The van der Waals surface area contributed by atoms with Gasteiger partial charge >= 0.3 is 0 Å². The molecule has 0 amide bonds. The highest BCUT2D eigenvalue weighted by Crippen LogP contribution is 2.41. The monoisotopic (exact) mass is 371 g/mol. The van der Waals surface area contributed by atoms with Gasteiger partial charge in [0.2, 0.25) is 0 Å². The minimum absolute atomic E-state index is 0.202. The quantitative estimate of drug-likeness (QED) is 0.770. The molecule has 1 saturated carbocycles. The van der Waals surface area contributed by atoms with Gasteiger partial charge in [0.15, 0.2) is 16.6 Å². The molecule has 0 aliphatic heterocycles. The highest BCUT2D eigenvalue weighted by molar-refractivity contribution is 7.80. The summed E-state index contributed by atoms with van der Waals surface area (Å²) < 4.78 is 10.9. The Morgan fingerprint density at radius 3 is 2.50 bits per heavy atom. The molecule has 1 aliphatic carbocycles. The van der Waals surface area contributed by atoms with Crippen molar-refractivity contribution in [1.29, 1.82) is 0 Å². The Morgan fingerprint density at radius 1 is 1.12 bits per heavy atom. The first-order chi connectivity index (χ1) is 12.6. The normalized spacial score (nSPS) is 15.3. The second kappa shape index (κ2) is 7.91. The van der Waals surface area contributed by atoms with E-state index < -0.39 is 0 Å². The standard InChI is InChI=1S/C20H25N3O2S/c1-14-7-6-12-21-18(14)22-19(26)23-20(10-4-5-11-20)15-8-9-16(24-2)17(13-15)25-3/h6-9,12-13H,4-5,10-11H2,1-3H3,(H2,21,22,23,26). The van der Waals surface area contributed by atoms with Gasteiger partial charge < -0.3 is 20.1 Å². The molecule has 6 heteroatoms. The van der Waals surface area contributed by atoms with Crippen molar-refractivity contribution in [3.05, 3.63) is 47.7 Å². The van der Waals surface area contributed by atoms with Crippen molar-refractivity contribution < 1.29 is 9.47 Å². The fraction of sp³-hybridized carbons (Fsp3) is 0.400. The Morgan fingerprint density at radius 2 is 1.85 bits per heavy atom. The molecule has 0 unspecified atom stereocenters. The van der Waals surface area contributed by atoms with Gasteiger partial charge in [-0.1, -0.05) is 25.0 Å². The number of methoxy groups -OCH3 is 2. The maximum absolute atomic E-state index is 5.60. The fourth-order valence-electron chi connectivity index (χ4n) is 3.57. The SMILES string of the molecule is COc1ccc(C2(NC(=S)Nc3ncccc3C)CCCC2)cc1OC. The number of aromatic nitrogens is 1. The molecule has 3 rings (SSSR count). The predicted octanol–water partition coefficient (Wildman–Crippen LogP) is 4.16. The second-order valence-electron chi connectivity index (χ2n) is 6.61. The molecule has 26 heavy (non-hydrogen) atoms. The lowest BCUT2D eigenvalue weighted by molar-refractivity contribution is 0.350. The van der Waals surface area contributed by atoms with Gasteiger partial charge in [0, 0.05) is 6.20 Å². The number of hydrogen-bond acceptors (Lipinski definition) is 4. The second-order valence-corrected chi connectivity index (χ2v) is 7.02. The van der Waals surface area contributed by atoms with Crippen LogP contribution in [0.2, 0.25) is 0 Å². The summed E-state index contributed by atoms with van der Waals surface area (Å²) in [6.45, 7) is 2.01. The summed E-state index contributed by atoms with van der Waals surface area (Å²) in [6.07, 6.45) is 6.12. The summed E-state index contributed by atoms with van der Waals surface area (Å²) >= 11 is 5.60. The van der Waals surface area contributed by atoms with Crippen molar-refractivity contribution in [2.45, 2.75) is 38.1 Å². The van der Waals surface area contributed by atoms with Crippen LogP contribution in [0.25, 0.3) is 0 Å². The molecular formula is C20H25N3O2S. The topological polar surface area (TPSA) is 55.4 Å². The number of ether oxygens (including phenoxy) is 2. The summed E-state index contributed by atoms with van der Waals surface area (Å²) in [5.41, 5.74) is 2.02. The molecule has 0 saturated heterocycles. The van der Waals surface area contributed by atoms with Gasteiger partial charge in [0.1, 0.15) is 5.82 Å². The molecule has 5 nitrogen and oxygen atoms in total. The number of pyridine rings is 1. The van der Waals surface area contributed by atoms with E-state index in [1.54, 1.807) is 20.4 Å². The average Bonchev–Trinajstić information content (AvgIpc) is 3.12. The number of hydrogen-bond donors (Lipinski definition) is 2. The van der Waals surface area contributed by atoms with Crippen LogP contribution >= 0.6 is 12.2 Å². The number of thiocarbonyl (C=S) groups is 1. The van der Waals surface area contributed by atoms with Crippen LogP contribution in [-0.4, -0.2) is 24.3 Å². The summed E-state index contributed by atoms with van der Waals surface area (Å²) in [4.78, 5) is 4.36. The van der Waals surface area contributed by atoms with Crippen LogP contribution in [0.5, 0.6) is 11.5 Å². The van der Waals surface area contributed by atoms with Gasteiger partial charge in [0.05, 0.1) is 19.8 Å². The number of rotatable bonds is 5. The lowest BCUT2D eigenvalue weighted by Gasteiger charge is -2.33. The average molecular weight is 372 g/mol. The van der Waals surface area contributed by atoms with Crippen molar-refractivity contribution >= 4 is 23.1 Å². The van der Waals surface area contributed by atoms with Crippen LogP contribution in [0, 0.1) is 6.92 Å². The first-order valence-electron chi connectivity index (χ1n) is 8.81. The van der Waals surface area contributed by atoms with Crippen LogP contribution in [0.1, 0.15) is 36.8 Å². The lowest BCUT2D eigenvalue weighted by Crippen LogP contribution is -2.45. The van der Waals surface area contributed by atoms with Crippen LogP contribution < -0.4 is 20.1 Å². The van der Waals surface area contributed by atoms with Crippen LogP contribution in [0.15, 0.2) is 36.5 Å². The number of aryl methyl sites for hydroxylation is 1. The van der Waals surface area contributed by atoms with Gasteiger partial charge in [0.25, 0.3) is 0 Å². The summed E-state index contributed by atoms with van der Waals surface area (Å²) in [5.74, 6) is 2.25. The number of benzene rings is 1. The van der Waals surface area contributed by atoms with E-state index in [4.69, 9.17) is 21.7 Å². The zero-order valence-electron chi connectivity index (χ0n) is 15.5. The first-order valence-corrected chi connectivity index (χ1v) is 9.22. The molecule has 1 aromatic carbocycles. The Kier molecular flexibility index (Phi) is 5.61. The van der Waals surface area contributed by atoms with E-state index in [1.165, 1.54) is 0 Å². The highest BCUT2D eigenvalue weighted by Gasteiger charge is 2.37. The Bertz CT molecular complexity index is 788. The number of anilines is 1. The van der Waals surface area contributed by atoms with Crippen LogP contribution in [-0.2, 0) is 5.54 Å². The minimum Gasteiger partial charge on any atom is -0.493 e. The fourth-order valence-corrected chi connectivity index (χ4v) is 3.86. The Labute approximate surface area is 160 Å². The molecule has 138 valence electrons. The van der Waals surface area contributed by atoms with Crippen LogP contribution in [0.4, 0.5) is 5.82 Å². The minimum atomic E-state index is -0.202. The molecule has 1 aromatic heterocycles. The molecule has 2 N–H and O–H groups in total. The Balaban J connectivity index is 1.84. The summed E-state index contributed by atoms with van der Waals surface area (Å²) in [7, 11) is 3.31. The van der Waals surface area contributed by atoms with Gasteiger partial charge in [-0.25, -0.2) is 4.98 Å². The van der Waals surface area contributed by atoms with Gasteiger partial charge in [-0.05, 0) is 61.3 Å². The molecule has 0 radical (unpaired) electrons. The maximum atomic E-state index is 5.60. The summed E-state index contributed by atoms with van der Waals surface area (Å²) in [6, 6.07) is 10.0. The first kappa shape index (κ1) is 18.5. The molecule has 0 spiro atoms. The van der Waals surface area contributed by atoms with Crippen molar-refractivity contribution in [3.63, 3.8) is 0 Å². The van der Waals surface area contributed by atoms with Crippen molar-refractivity contribution in [3.8, 4) is 11.5 Å². The van der Waals surface area contributed by atoms with Crippen LogP contribution in [0.3, 0.4) is 0 Å². The third kappa shape index (κ3) is 3.75. The van der Waals surface area contributed by atoms with E-state index in [1.807, 2.05) is 31.2 Å². The Hall–Kier alpha value is -2.34. The van der Waals surface area contributed by atoms with E-state index in [0.29, 0.717) is 5.11 Å². The molecular weight excluding hydrogens is 346 g/mol. The zero-order chi connectivity index (χ0) is 18.6. The van der Waals surface area contributed by atoms with Gasteiger partial charge in [-0.3, -0.25) is 0 Å². The zero-order valence-corrected chi connectivity index (χ0v) is 16.3. The maximum Gasteiger partial charge on any atom is 0.172 e. The lowest BCUT2D eigenvalue weighted by atomic mass is 9.88. The highest BCUT2D eigenvalue weighted by atomic mass is 32.1. The van der Waals surface area contributed by atoms with E-state index in [-0.39, 0.29) is 5.54 Å². The molecule has 0 atom stereocenters. The van der Waals surface area contributed by atoms with E-state index in [2.05, 4.69) is 21.7 Å². The number of nitrogens with zero attached hydrogens (tertiary/aromatic N) is 1. The molecule has 1 fully saturated rings. The molecule has 0 bridgehead atoms. The molecule has 1 aliphatic rings. The third-order valence-corrected chi connectivity index (χ3v) is 5.19. The van der Waals surface area contributed by atoms with Gasteiger partial charge in [-0.15, -0.1) is 0 Å². The van der Waals surface area contributed by atoms with E-state index in [0.717, 1.165) is 54.1 Å². The number of nitrogens with one attached hydrogen (secondary N) is 2. The smallest absolute Gasteiger partial charge is 0.172 e. The third-order valence-electron chi connectivity index (χ3n) is 4.99. The van der Waals surface area contributed by atoms with Crippen molar-refractivity contribution in [2.75, 3.05) is 19.5 Å². The largest absolute Gasteiger partial charge is 0.493 e. The summed E-state index contributed by atoms with van der Waals surface area (Å²) in [5, 5.41) is 7.38. The predicted molar refractivity (Wildman–Crippen MR) is 108 cm³/mol. The van der Waals surface area contributed by atoms with E-state index in [9.17, 15) is 0 Å². The van der Waals surface area contributed by atoms with Crippen molar-refractivity contribution in [2.24, 2.45) is 0 Å². The van der Waals surface area contributed by atoms with Gasteiger partial charge in [-0.2, -0.15) is 0 Å².